The molecule has 2 amide bonds. The number of hydrogen-bond acceptors (Lipinski definition) is 11. The van der Waals surface area contributed by atoms with E-state index in [0.29, 0.717) is 24.7 Å². The van der Waals surface area contributed by atoms with E-state index in [9.17, 15) is 29.1 Å². The van der Waals surface area contributed by atoms with Crippen LogP contribution in [0.5, 0.6) is 17.2 Å². The Morgan fingerprint density at radius 2 is 1.69 bits per heavy atom. The second-order valence-electron chi connectivity index (χ2n) is 12.8. The Balaban J connectivity index is 0.000000291. The molecule has 0 aliphatic carbocycles. The second-order valence-corrected chi connectivity index (χ2v) is 16.2. The molecule has 1 aliphatic heterocycles. The lowest BCUT2D eigenvalue weighted by Crippen LogP contribution is -2.47. The number of nitrogens with one attached hydrogen (secondary N) is 1. The van der Waals surface area contributed by atoms with Gasteiger partial charge >= 0.3 is 13.6 Å². The zero-order valence-corrected chi connectivity index (χ0v) is 38.0. The van der Waals surface area contributed by atoms with Crippen molar-refractivity contribution in [1.82, 2.24) is 5.32 Å². The Morgan fingerprint density at radius 1 is 1.05 bits per heavy atom. The Hall–Kier alpha value is -4.68. The van der Waals surface area contributed by atoms with Crippen LogP contribution in [0.3, 0.4) is 0 Å². The lowest BCUT2D eigenvalue weighted by Gasteiger charge is -2.35. The number of nitro benzene ring substituents is 1. The van der Waals surface area contributed by atoms with Gasteiger partial charge < -0.3 is 39.7 Å². The average molecular weight is 964 g/mol. The number of aliphatic carboxylic acids is 1. The van der Waals surface area contributed by atoms with E-state index >= 15 is 0 Å². The highest BCUT2D eigenvalue weighted by Gasteiger charge is 2.32. The maximum Gasteiger partial charge on any atom is 0.339 e. The highest BCUT2D eigenvalue weighted by molar-refractivity contribution is 7.51. The Bertz CT molecular complexity index is 2150. The third-order valence-electron chi connectivity index (χ3n) is 8.16. The van der Waals surface area contributed by atoms with E-state index in [1.165, 1.54) is 12.1 Å². The van der Waals surface area contributed by atoms with Crippen LogP contribution in [-0.4, -0.2) is 87.1 Å². The van der Waals surface area contributed by atoms with Gasteiger partial charge in [-0.2, -0.15) is 0 Å². The van der Waals surface area contributed by atoms with Gasteiger partial charge in [0, 0.05) is 12.7 Å². The highest BCUT2D eigenvalue weighted by Crippen LogP contribution is 2.39. The van der Waals surface area contributed by atoms with E-state index in [2.05, 4.69) is 12.2 Å². The van der Waals surface area contributed by atoms with E-state index in [4.69, 9.17) is 81.2 Å². The number of aryl methyl sites for hydroxylation is 2. The van der Waals surface area contributed by atoms with Crippen LogP contribution < -0.4 is 30.3 Å². The fourth-order valence-corrected chi connectivity index (χ4v) is 6.33. The summed E-state index contributed by atoms with van der Waals surface area (Å²) in [5, 5.41) is 20.8. The molecule has 1 unspecified atom stereocenters. The summed E-state index contributed by atoms with van der Waals surface area (Å²) >= 11 is 22.9. The van der Waals surface area contributed by atoms with Crippen molar-refractivity contribution in [1.29, 1.82) is 0 Å². The third-order valence-corrected chi connectivity index (χ3v) is 9.79. The van der Waals surface area contributed by atoms with Crippen LogP contribution in [0.2, 0.25) is 5.02 Å². The Labute approximate surface area is 378 Å². The van der Waals surface area contributed by atoms with Crippen molar-refractivity contribution in [2.24, 2.45) is 0 Å². The molecule has 1 heterocycles. The van der Waals surface area contributed by atoms with Crippen LogP contribution in [-0.2, 0) is 30.1 Å². The Morgan fingerprint density at radius 3 is 2.26 bits per heavy atom. The minimum absolute atomic E-state index is 0.0352. The van der Waals surface area contributed by atoms with Crippen LogP contribution in [0.4, 0.5) is 22.7 Å². The van der Waals surface area contributed by atoms with E-state index in [1.807, 2.05) is 69.3 Å². The molecule has 62 heavy (non-hydrogen) atoms. The predicted molar refractivity (Wildman–Crippen MR) is 241 cm³/mol. The molecule has 0 radical (unpaired) electrons. The first kappa shape index (κ1) is 53.5. The molecule has 1 atom stereocenters. The van der Waals surface area contributed by atoms with Gasteiger partial charge in [0.15, 0.2) is 4.84 Å². The summed E-state index contributed by atoms with van der Waals surface area (Å²) in [5.74, 6) is -0.0828. The number of amides is 2. The number of alkyl halides is 3. The third kappa shape index (κ3) is 17.2. The van der Waals surface area contributed by atoms with Gasteiger partial charge in [-0.05, 0) is 68.7 Å². The number of para-hydroxylation sites is 4. The van der Waals surface area contributed by atoms with Gasteiger partial charge in [-0.3, -0.25) is 39.3 Å². The number of carbonyl (C=O) groups excluding carboxylic acids is 2. The second kappa shape index (κ2) is 26.7. The molecule has 4 aromatic carbocycles. The average Bonchev–Trinajstić information content (AvgIpc) is 3.23. The molecule has 0 saturated heterocycles. The number of halogens is 4. The van der Waals surface area contributed by atoms with Gasteiger partial charge in [0.1, 0.15) is 47.2 Å². The number of nitrogens with zero attached hydrogens (tertiary/aromatic N) is 3. The number of fused-ring (bicyclic) bond motifs is 1. The molecule has 22 heteroatoms. The van der Waals surface area contributed by atoms with Crippen molar-refractivity contribution in [3.05, 3.63) is 111 Å². The standard InChI is InChI=1S/C14H20ClNO2.C12H9ClN2O3.C11H11Cl2NO2.C3H8NO5P/c1-4-12-8-6-7-11(3)14(12)16(10-18-5-2)13(17)9-15;13-11-10(18-8-4-2-1-3-5-8)7-6-9(12(11)14)15(16)17;1-7-6-16-9-5-3-2-4-8(9)14(7)11(15)10(12)13;5-3(6)1-4-2-10(7,8)9/h6-8H,4-5,9-10H2,1-3H3;1-7H,14H2;2-5,7,10H,6H2,1H3;4H,1-2H2,(H,5,6)(H2,7,8,9). The van der Waals surface area contributed by atoms with Crippen LogP contribution in [0.15, 0.2) is 84.9 Å². The first-order valence-corrected chi connectivity index (χ1v) is 22.1. The molecule has 338 valence electrons. The van der Waals surface area contributed by atoms with Gasteiger partial charge in [0.25, 0.3) is 11.6 Å². The topological polar surface area (TPSA) is 244 Å². The maximum absolute atomic E-state index is 12.0. The molecule has 5 rings (SSSR count). The largest absolute Gasteiger partial charge is 0.489 e. The summed E-state index contributed by atoms with van der Waals surface area (Å²) in [6, 6.07) is 24.9. The van der Waals surface area contributed by atoms with Crippen molar-refractivity contribution >= 4 is 94.5 Å². The molecule has 0 spiro atoms. The van der Waals surface area contributed by atoms with E-state index < -0.39 is 36.2 Å². The predicted octanol–water partition coefficient (Wildman–Crippen LogP) is 8.15. The van der Waals surface area contributed by atoms with Gasteiger partial charge in [-0.1, -0.05) is 90.3 Å². The molecular formula is C40H48Cl4N5O12P. The van der Waals surface area contributed by atoms with Crippen molar-refractivity contribution in [3.8, 4) is 17.2 Å². The number of nitrogen functional groups attached to an aromatic ring is 1. The minimum Gasteiger partial charge on any atom is -0.489 e. The van der Waals surface area contributed by atoms with Crippen LogP contribution in [0, 0.1) is 17.0 Å². The van der Waals surface area contributed by atoms with E-state index in [-0.39, 0.29) is 52.6 Å². The van der Waals surface area contributed by atoms with Gasteiger partial charge in [-0.25, -0.2) is 0 Å². The number of rotatable bonds is 14. The van der Waals surface area contributed by atoms with Gasteiger partial charge in [0.05, 0.1) is 35.2 Å². The number of carboxylic acid groups (broad SMARTS) is 1. The summed E-state index contributed by atoms with van der Waals surface area (Å²) < 4.78 is 26.4. The quantitative estimate of drug-likeness (QED) is 0.0200. The molecule has 0 bridgehead atoms. The molecule has 17 nitrogen and oxygen atoms in total. The van der Waals surface area contributed by atoms with E-state index in [0.717, 1.165) is 28.9 Å². The first-order valence-electron chi connectivity index (χ1n) is 18.6. The van der Waals surface area contributed by atoms with Crippen molar-refractivity contribution < 1.29 is 53.0 Å². The summed E-state index contributed by atoms with van der Waals surface area (Å²) in [4.78, 5) is 62.2. The number of nitrogens with two attached hydrogens (primary N) is 1. The van der Waals surface area contributed by atoms with Crippen molar-refractivity contribution in [2.75, 3.05) is 54.2 Å². The minimum atomic E-state index is -4.10. The van der Waals surface area contributed by atoms with Crippen LogP contribution in [0.25, 0.3) is 0 Å². The van der Waals surface area contributed by atoms with E-state index in [1.54, 1.807) is 34.1 Å². The number of anilines is 3. The molecule has 6 N–H and O–H groups in total. The van der Waals surface area contributed by atoms with Gasteiger partial charge in [-0.15, -0.1) is 11.6 Å². The van der Waals surface area contributed by atoms with Crippen molar-refractivity contribution in [2.45, 2.75) is 45.0 Å². The normalized spacial score (nSPS) is 12.8. The highest BCUT2D eigenvalue weighted by atomic mass is 35.5. The summed E-state index contributed by atoms with van der Waals surface area (Å²) in [6.07, 6.45) is 0.272. The number of benzene rings is 4. The number of hydrogen-bond donors (Lipinski definition) is 5. The number of carbonyl (C=O) groups is 3. The molecule has 1 aliphatic rings. The molecule has 0 saturated carbocycles. The summed E-state index contributed by atoms with van der Waals surface area (Å²) in [6.45, 7) is 8.69. The maximum atomic E-state index is 12.0. The molecule has 4 aromatic rings. The molecular weight excluding hydrogens is 915 g/mol. The lowest BCUT2D eigenvalue weighted by molar-refractivity contribution is -0.383. The van der Waals surface area contributed by atoms with Gasteiger partial charge in [0.2, 0.25) is 5.91 Å². The fraction of sp³-hybridized carbons (Fsp3) is 0.325. The molecule has 0 fully saturated rings. The summed E-state index contributed by atoms with van der Waals surface area (Å²) in [7, 11) is -4.10. The number of carboxylic acids is 1. The monoisotopic (exact) mass is 961 g/mol. The lowest BCUT2D eigenvalue weighted by atomic mass is 10.0. The zero-order valence-electron chi connectivity index (χ0n) is 34.1. The van der Waals surface area contributed by atoms with Crippen LogP contribution in [0.1, 0.15) is 31.9 Å². The van der Waals surface area contributed by atoms with Crippen LogP contribution >= 0.6 is 54.0 Å². The number of nitro groups is 1. The fourth-order valence-electron chi connectivity index (χ4n) is 5.37. The Kier molecular flexibility index (Phi) is 23.0. The molecule has 0 aromatic heterocycles. The zero-order chi connectivity index (χ0) is 46.6. The SMILES string of the molecule is CC1COc2ccccc2N1C(=O)C(Cl)Cl.CCOCN(C(=O)CCl)c1c(C)cccc1CC.Nc1c([N+](=O)[O-])ccc(Oc2ccccc2)c1Cl.O=C(O)CNCP(=O)(O)O. The first-order chi connectivity index (χ1) is 29.3. The van der Waals surface area contributed by atoms with Crippen molar-refractivity contribution in [3.63, 3.8) is 0 Å². The number of ether oxygens (including phenoxy) is 3. The smallest absolute Gasteiger partial charge is 0.339 e. The summed E-state index contributed by atoms with van der Waals surface area (Å²) in [5.41, 5.74) is 9.09.